The summed E-state index contributed by atoms with van der Waals surface area (Å²) in [7, 11) is 0. The number of amides is 2. The van der Waals surface area contributed by atoms with Crippen LogP contribution >= 0.6 is 0 Å². The highest BCUT2D eigenvalue weighted by Gasteiger charge is 2.17. The zero-order valence-corrected chi connectivity index (χ0v) is 17.5. The zero-order valence-electron chi connectivity index (χ0n) is 17.5. The third kappa shape index (κ3) is 6.86. The molecule has 0 bridgehead atoms. The van der Waals surface area contributed by atoms with Crippen LogP contribution in [-0.2, 0) is 9.53 Å². The number of ether oxygens (including phenoxy) is 2. The molecule has 0 spiro atoms. The molecule has 0 saturated carbocycles. The minimum absolute atomic E-state index is 0.0567. The van der Waals surface area contributed by atoms with E-state index in [4.69, 9.17) is 4.74 Å². The number of esters is 1. The van der Waals surface area contributed by atoms with Crippen molar-refractivity contribution in [3.8, 4) is 5.75 Å². The number of rotatable bonds is 8. The standard InChI is InChI=1S/C24H20F2N2O5/c1-15-5-4-6-16(13-15)22(30)28-20-8-3-2-7-19(20)23(31)32-14-21(29)27-17-9-11-18(12-10-17)33-24(25)26/h2-13,24H,14H2,1H3,(H,27,29)(H,28,30). The monoisotopic (exact) mass is 454 g/mol. The summed E-state index contributed by atoms with van der Waals surface area (Å²) in [6.07, 6.45) is 0. The van der Waals surface area contributed by atoms with E-state index in [-0.39, 0.29) is 17.0 Å². The number of hydrogen-bond acceptors (Lipinski definition) is 5. The molecule has 7 nitrogen and oxygen atoms in total. The Morgan fingerprint density at radius 2 is 1.64 bits per heavy atom. The summed E-state index contributed by atoms with van der Waals surface area (Å²) in [5.74, 6) is -1.88. The quantitative estimate of drug-likeness (QED) is 0.484. The van der Waals surface area contributed by atoms with Crippen LogP contribution in [0.15, 0.2) is 72.8 Å². The average Bonchev–Trinajstić information content (AvgIpc) is 2.79. The maximum atomic E-state index is 12.5. The zero-order chi connectivity index (χ0) is 23.8. The number of alkyl halides is 2. The first-order valence-corrected chi connectivity index (χ1v) is 9.81. The van der Waals surface area contributed by atoms with Crippen LogP contribution < -0.4 is 15.4 Å². The highest BCUT2D eigenvalue weighted by molar-refractivity contribution is 6.08. The lowest BCUT2D eigenvalue weighted by Crippen LogP contribution is -2.22. The lowest BCUT2D eigenvalue weighted by atomic mass is 10.1. The third-order valence-electron chi connectivity index (χ3n) is 4.37. The lowest BCUT2D eigenvalue weighted by molar-refractivity contribution is -0.119. The smallest absolute Gasteiger partial charge is 0.387 e. The summed E-state index contributed by atoms with van der Waals surface area (Å²) in [4.78, 5) is 37.1. The van der Waals surface area contributed by atoms with Crippen LogP contribution in [0.5, 0.6) is 5.75 Å². The molecule has 0 aliphatic carbocycles. The molecule has 0 fully saturated rings. The van der Waals surface area contributed by atoms with Crippen LogP contribution in [0, 0.1) is 6.92 Å². The molecule has 0 unspecified atom stereocenters. The predicted molar refractivity (Wildman–Crippen MR) is 118 cm³/mol. The Kier molecular flexibility index (Phi) is 7.69. The fourth-order valence-corrected chi connectivity index (χ4v) is 2.88. The van der Waals surface area contributed by atoms with Crippen LogP contribution in [0.3, 0.4) is 0 Å². The fourth-order valence-electron chi connectivity index (χ4n) is 2.88. The molecule has 33 heavy (non-hydrogen) atoms. The van der Waals surface area contributed by atoms with Crippen LogP contribution in [0.1, 0.15) is 26.3 Å². The van der Waals surface area contributed by atoms with Crippen LogP contribution in [-0.4, -0.2) is 31.0 Å². The number of para-hydroxylation sites is 1. The largest absolute Gasteiger partial charge is 0.452 e. The first-order chi connectivity index (χ1) is 15.8. The maximum absolute atomic E-state index is 12.5. The van der Waals surface area contributed by atoms with E-state index in [1.807, 2.05) is 13.0 Å². The summed E-state index contributed by atoms with van der Waals surface area (Å²) < 4.78 is 33.7. The summed E-state index contributed by atoms with van der Waals surface area (Å²) in [5, 5.41) is 5.15. The third-order valence-corrected chi connectivity index (χ3v) is 4.37. The predicted octanol–water partition coefficient (Wildman–Crippen LogP) is 4.64. The van der Waals surface area contributed by atoms with Gasteiger partial charge in [0.1, 0.15) is 5.75 Å². The van der Waals surface area contributed by atoms with Crippen molar-refractivity contribution in [1.29, 1.82) is 0 Å². The summed E-state index contributed by atoms with van der Waals surface area (Å²) in [6, 6.07) is 18.5. The molecule has 0 saturated heterocycles. The highest BCUT2D eigenvalue weighted by Crippen LogP contribution is 2.19. The molecular formula is C24H20F2N2O5. The topological polar surface area (TPSA) is 93.7 Å². The van der Waals surface area contributed by atoms with Crippen molar-refractivity contribution in [3.05, 3.63) is 89.5 Å². The number of halogens is 2. The van der Waals surface area contributed by atoms with Crippen molar-refractivity contribution in [2.24, 2.45) is 0 Å². The van der Waals surface area contributed by atoms with Crippen LogP contribution in [0.25, 0.3) is 0 Å². The second kappa shape index (κ2) is 10.9. The molecule has 0 aliphatic heterocycles. The Morgan fingerprint density at radius 1 is 0.909 bits per heavy atom. The summed E-state index contributed by atoms with van der Waals surface area (Å²) in [5.41, 5.74) is 1.98. The molecule has 9 heteroatoms. The van der Waals surface area contributed by atoms with Crippen molar-refractivity contribution in [3.63, 3.8) is 0 Å². The van der Waals surface area contributed by atoms with Gasteiger partial charge in [-0.3, -0.25) is 9.59 Å². The van der Waals surface area contributed by atoms with E-state index in [1.54, 1.807) is 36.4 Å². The Bertz CT molecular complexity index is 1150. The van der Waals surface area contributed by atoms with E-state index in [2.05, 4.69) is 15.4 Å². The van der Waals surface area contributed by atoms with Gasteiger partial charge >= 0.3 is 12.6 Å². The van der Waals surface area contributed by atoms with Gasteiger partial charge < -0.3 is 20.1 Å². The van der Waals surface area contributed by atoms with Crippen molar-refractivity contribution < 1.29 is 32.6 Å². The fraction of sp³-hybridized carbons (Fsp3) is 0.125. The minimum Gasteiger partial charge on any atom is -0.452 e. The van der Waals surface area contributed by atoms with Crippen LogP contribution in [0.4, 0.5) is 20.2 Å². The minimum atomic E-state index is -2.95. The number of carbonyl (C=O) groups excluding carboxylic acids is 3. The van der Waals surface area contributed by atoms with E-state index in [0.717, 1.165) is 5.56 Å². The van der Waals surface area contributed by atoms with Gasteiger partial charge in [0.2, 0.25) is 0 Å². The number of carbonyl (C=O) groups is 3. The molecular weight excluding hydrogens is 434 g/mol. The normalized spacial score (nSPS) is 10.4. The van der Waals surface area contributed by atoms with E-state index < -0.39 is 31.0 Å². The summed E-state index contributed by atoms with van der Waals surface area (Å²) >= 11 is 0. The van der Waals surface area contributed by atoms with E-state index in [0.29, 0.717) is 11.3 Å². The number of anilines is 2. The van der Waals surface area contributed by atoms with Gasteiger partial charge in [-0.2, -0.15) is 8.78 Å². The molecule has 170 valence electrons. The molecule has 0 atom stereocenters. The highest BCUT2D eigenvalue weighted by atomic mass is 19.3. The van der Waals surface area contributed by atoms with Gasteiger partial charge in [-0.25, -0.2) is 4.79 Å². The van der Waals surface area contributed by atoms with Gasteiger partial charge in [0.25, 0.3) is 11.8 Å². The Balaban J connectivity index is 1.58. The lowest BCUT2D eigenvalue weighted by Gasteiger charge is -2.12. The van der Waals surface area contributed by atoms with Gasteiger partial charge in [-0.15, -0.1) is 0 Å². The van der Waals surface area contributed by atoms with E-state index in [1.165, 1.54) is 30.3 Å². The van der Waals surface area contributed by atoms with Crippen molar-refractivity contribution in [2.45, 2.75) is 13.5 Å². The summed E-state index contributed by atoms with van der Waals surface area (Å²) in [6.45, 7) is -1.68. The molecule has 0 aromatic heterocycles. The van der Waals surface area contributed by atoms with Gasteiger partial charge in [-0.05, 0) is 55.5 Å². The van der Waals surface area contributed by atoms with Gasteiger partial charge in [0.05, 0.1) is 11.3 Å². The molecule has 3 aromatic rings. The van der Waals surface area contributed by atoms with Crippen molar-refractivity contribution in [1.82, 2.24) is 0 Å². The molecule has 2 amide bonds. The second-order valence-electron chi connectivity index (χ2n) is 6.90. The Morgan fingerprint density at radius 3 is 2.33 bits per heavy atom. The number of aryl methyl sites for hydroxylation is 1. The first-order valence-electron chi connectivity index (χ1n) is 9.81. The molecule has 2 N–H and O–H groups in total. The Labute approximate surface area is 188 Å². The van der Waals surface area contributed by atoms with E-state index in [9.17, 15) is 23.2 Å². The van der Waals surface area contributed by atoms with E-state index >= 15 is 0 Å². The second-order valence-corrected chi connectivity index (χ2v) is 6.90. The number of nitrogens with one attached hydrogen (secondary N) is 2. The van der Waals surface area contributed by atoms with Crippen LogP contribution in [0.2, 0.25) is 0 Å². The molecule has 3 rings (SSSR count). The number of benzene rings is 3. The van der Waals surface area contributed by atoms with Gasteiger partial charge in [-0.1, -0.05) is 29.8 Å². The number of hydrogen-bond donors (Lipinski definition) is 2. The molecule has 0 aliphatic rings. The average molecular weight is 454 g/mol. The van der Waals surface area contributed by atoms with Crippen molar-refractivity contribution in [2.75, 3.05) is 17.2 Å². The molecule has 0 heterocycles. The molecule has 3 aromatic carbocycles. The SMILES string of the molecule is Cc1cccc(C(=O)Nc2ccccc2C(=O)OCC(=O)Nc2ccc(OC(F)F)cc2)c1. The first kappa shape index (κ1) is 23.4. The molecule has 0 radical (unpaired) electrons. The van der Waals surface area contributed by atoms with Gasteiger partial charge in [0.15, 0.2) is 6.61 Å². The Hall–Kier alpha value is -4.27. The van der Waals surface area contributed by atoms with Crippen molar-refractivity contribution >= 4 is 29.2 Å². The van der Waals surface area contributed by atoms with Gasteiger partial charge in [0, 0.05) is 11.3 Å². The maximum Gasteiger partial charge on any atom is 0.387 e.